The third-order valence-corrected chi connectivity index (χ3v) is 5.59. The van der Waals surface area contributed by atoms with Gasteiger partial charge in [-0.1, -0.05) is 20.8 Å². The third kappa shape index (κ3) is 4.36. The summed E-state index contributed by atoms with van der Waals surface area (Å²) >= 11 is 0. The van der Waals surface area contributed by atoms with E-state index < -0.39 is 29.4 Å². The van der Waals surface area contributed by atoms with Crippen molar-refractivity contribution in [3.05, 3.63) is 35.5 Å². The predicted molar refractivity (Wildman–Crippen MR) is 114 cm³/mol. The summed E-state index contributed by atoms with van der Waals surface area (Å²) in [5, 5.41) is 5.84. The van der Waals surface area contributed by atoms with E-state index in [4.69, 9.17) is 4.74 Å². The Labute approximate surface area is 184 Å². The van der Waals surface area contributed by atoms with Crippen LogP contribution in [0.1, 0.15) is 44.9 Å². The van der Waals surface area contributed by atoms with Gasteiger partial charge in [0, 0.05) is 48.4 Å². The molecule has 4 heterocycles. The molecule has 0 aromatic carbocycles. The summed E-state index contributed by atoms with van der Waals surface area (Å²) in [4.78, 5) is 22.8. The lowest BCUT2D eigenvalue weighted by molar-refractivity contribution is -0.137. The molecule has 2 atom stereocenters. The Kier molecular flexibility index (Phi) is 5.52. The normalized spacial score (nSPS) is 21.6. The van der Waals surface area contributed by atoms with Crippen LogP contribution in [0.5, 0.6) is 0 Å². The van der Waals surface area contributed by atoms with Crippen molar-refractivity contribution in [2.45, 2.75) is 46.0 Å². The average molecular weight is 449 g/mol. The Morgan fingerprint density at radius 1 is 1.22 bits per heavy atom. The standard InChI is InChI=1S/C22H26F3N5O2/c1-12-11-30(8-7-26-12)16-10-13(22(23,24)25)9-15(28-16)14-5-6-27-19-17(14)18(21(2,3)4)32-20(31)29-19/h5-6,9-10,12,18,26H,7-8,11H2,1-4H3,(H,27,29,31)/t12-,18-/m0/s1. The highest BCUT2D eigenvalue weighted by atomic mass is 19.4. The van der Waals surface area contributed by atoms with Crippen molar-refractivity contribution in [2.24, 2.45) is 5.41 Å². The van der Waals surface area contributed by atoms with E-state index in [1.165, 1.54) is 6.20 Å². The van der Waals surface area contributed by atoms with Crippen LogP contribution < -0.4 is 15.5 Å². The van der Waals surface area contributed by atoms with Crippen LogP contribution in [-0.2, 0) is 10.9 Å². The van der Waals surface area contributed by atoms with E-state index in [0.717, 1.165) is 12.1 Å². The molecule has 1 fully saturated rings. The van der Waals surface area contributed by atoms with Gasteiger partial charge in [-0.05, 0) is 25.1 Å². The topological polar surface area (TPSA) is 79.4 Å². The van der Waals surface area contributed by atoms with Crippen LogP contribution in [0, 0.1) is 5.41 Å². The molecule has 0 spiro atoms. The molecule has 2 aromatic rings. The van der Waals surface area contributed by atoms with Gasteiger partial charge >= 0.3 is 12.3 Å². The maximum absolute atomic E-state index is 13.8. The summed E-state index contributed by atoms with van der Waals surface area (Å²) in [6.07, 6.45) is -4.43. The number of alkyl halides is 3. The van der Waals surface area contributed by atoms with Crippen molar-refractivity contribution in [1.29, 1.82) is 0 Å². The van der Waals surface area contributed by atoms with Crippen molar-refractivity contribution in [3.8, 4) is 11.3 Å². The number of pyridine rings is 2. The molecule has 172 valence electrons. The van der Waals surface area contributed by atoms with Gasteiger partial charge in [-0.15, -0.1) is 0 Å². The number of ether oxygens (including phenoxy) is 1. The minimum Gasteiger partial charge on any atom is -0.440 e. The third-order valence-electron chi connectivity index (χ3n) is 5.59. The van der Waals surface area contributed by atoms with Crippen LogP contribution in [0.15, 0.2) is 24.4 Å². The van der Waals surface area contributed by atoms with Gasteiger partial charge < -0.3 is 15.0 Å². The molecule has 2 aliphatic heterocycles. The largest absolute Gasteiger partial charge is 0.440 e. The molecule has 0 unspecified atom stereocenters. The second-order valence-electron chi connectivity index (χ2n) is 9.30. The first-order valence-corrected chi connectivity index (χ1v) is 10.5. The molecule has 1 amide bonds. The number of cyclic esters (lactones) is 1. The van der Waals surface area contributed by atoms with Crippen LogP contribution in [0.3, 0.4) is 0 Å². The molecule has 0 bridgehead atoms. The minimum absolute atomic E-state index is 0.131. The molecule has 10 heteroatoms. The second-order valence-corrected chi connectivity index (χ2v) is 9.30. The van der Waals surface area contributed by atoms with Crippen molar-refractivity contribution in [2.75, 3.05) is 29.9 Å². The van der Waals surface area contributed by atoms with Gasteiger partial charge in [-0.25, -0.2) is 14.8 Å². The molecular weight excluding hydrogens is 423 g/mol. The van der Waals surface area contributed by atoms with Crippen molar-refractivity contribution in [1.82, 2.24) is 15.3 Å². The zero-order valence-electron chi connectivity index (χ0n) is 18.4. The van der Waals surface area contributed by atoms with E-state index >= 15 is 0 Å². The smallest absolute Gasteiger partial charge is 0.416 e. The number of amides is 1. The molecule has 7 nitrogen and oxygen atoms in total. The Morgan fingerprint density at radius 3 is 2.62 bits per heavy atom. The molecule has 1 saturated heterocycles. The first-order chi connectivity index (χ1) is 14.9. The number of carbonyl (C=O) groups excluding carboxylic acids is 1. The number of halogens is 3. The number of fused-ring (bicyclic) bond motifs is 1. The Balaban J connectivity index is 1.90. The summed E-state index contributed by atoms with van der Waals surface area (Å²) in [7, 11) is 0. The van der Waals surface area contributed by atoms with Crippen LogP contribution in [0.4, 0.5) is 29.6 Å². The Bertz CT molecular complexity index is 1040. The lowest BCUT2D eigenvalue weighted by atomic mass is 9.82. The molecule has 4 rings (SSSR count). The van der Waals surface area contributed by atoms with Crippen molar-refractivity contribution in [3.63, 3.8) is 0 Å². The van der Waals surface area contributed by atoms with E-state index in [2.05, 4.69) is 20.6 Å². The van der Waals surface area contributed by atoms with E-state index in [9.17, 15) is 18.0 Å². The maximum Gasteiger partial charge on any atom is 0.416 e. The summed E-state index contributed by atoms with van der Waals surface area (Å²) in [6, 6.07) is 3.88. The van der Waals surface area contributed by atoms with Gasteiger partial charge in [-0.2, -0.15) is 13.2 Å². The van der Waals surface area contributed by atoms with Crippen molar-refractivity contribution >= 4 is 17.7 Å². The molecule has 0 saturated carbocycles. The SMILES string of the molecule is C[C@H]1CN(c2cc(C(F)(F)F)cc(-c3ccnc4c3[C@@H](C(C)(C)C)OC(=O)N4)n2)CCN1. The summed E-state index contributed by atoms with van der Waals surface area (Å²) in [5.74, 6) is 0.539. The molecule has 2 aromatic heterocycles. The van der Waals surface area contributed by atoms with Crippen molar-refractivity contribution < 1.29 is 22.7 Å². The fourth-order valence-electron chi connectivity index (χ4n) is 4.08. The van der Waals surface area contributed by atoms with Crippen LogP contribution >= 0.6 is 0 Å². The lowest BCUT2D eigenvalue weighted by Gasteiger charge is -2.36. The number of hydrogen-bond donors (Lipinski definition) is 2. The summed E-state index contributed by atoms with van der Waals surface area (Å²) < 4.78 is 47.0. The van der Waals surface area contributed by atoms with Gasteiger partial charge in [0.25, 0.3) is 0 Å². The van der Waals surface area contributed by atoms with Crippen LogP contribution in [0.2, 0.25) is 0 Å². The highest BCUT2D eigenvalue weighted by Crippen LogP contribution is 2.46. The zero-order chi connectivity index (χ0) is 23.3. The van der Waals surface area contributed by atoms with Gasteiger partial charge in [0.05, 0.1) is 11.3 Å². The quantitative estimate of drug-likeness (QED) is 0.697. The Morgan fingerprint density at radius 2 is 1.97 bits per heavy atom. The molecule has 32 heavy (non-hydrogen) atoms. The molecule has 0 radical (unpaired) electrons. The summed E-state index contributed by atoms with van der Waals surface area (Å²) in [6.45, 7) is 9.42. The zero-order valence-corrected chi connectivity index (χ0v) is 18.4. The van der Waals surface area contributed by atoms with Gasteiger partial charge in [0.1, 0.15) is 17.7 Å². The molecule has 2 N–H and O–H groups in total. The number of nitrogens with one attached hydrogen (secondary N) is 2. The highest BCUT2D eigenvalue weighted by molar-refractivity contribution is 5.89. The number of anilines is 2. The fourth-order valence-corrected chi connectivity index (χ4v) is 4.08. The number of piperazine rings is 1. The molecule has 2 aliphatic rings. The molecule has 0 aliphatic carbocycles. The molecular formula is C22H26F3N5O2. The number of rotatable bonds is 2. The van der Waals surface area contributed by atoms with Crippen LogP contribution in [-0.4, -0.2) is 41.7 Å². The minimum atomic E-state index is -4.53. The van der Waals surface area contributed by atoms with Gasteiger partial charge in [0.2, 0.25) is 0 Å². The van der Waals surface area contributed by atoms with Crippen LogP contribution in [0.25, 0.3) is 11.3 Å². The van der Waals surface area contributed by atoms with E-state index in [0.29, 0.717) is 30.8 Å². The monoisotopic (exact) mass is 449 g/mol. The maximum atomic E-state index is 13.8. The number of hydrogen-bond acceptors (Lipinski definition) is 6. The van der Waals surface area contributed by atoms with Gasteiger partial charge in [0.15, 0.2) is 0 Å². The summed E-state index contributed by atoms with van der Waals surface area (Å²) in [5.41, 5.74) is -0.157. The van der Waals surface area contributed by atoms with E-state index in [1.807, 2.05) is 32.6 Å². The fraction of sp³-hybridized carbons (Fsp3) is 0.500. The van der Waals surface area contributed by atoms with E-state index in [1.54, 1.807) is 6.07 Å². The first kappa shape index (κ1) is 22.3. The lowest BCUT2D eigenvalue weighted by Crippen LogP contribution is -2.49. The van der Waals surface area contributed by atoms with E-state index in [-0.39, 0.29) is 23.4 Å². The second kappa shape index (κ2) is 7.91. The number of aromatic nitrogens is 2. The average Bonchev–Trinajstić information content (AvgIpc) is 2.71. The number of carbonyl (C=O) groups is 1. The highest BCUT2D eigenvalue weighted by Gasteiger charge is 2.39. The number of nitrogens with zero attached hydrogens (tertiary/aromatic N) is 3. The van der Waals surface area contributed by atoms with Gasteiger partial charge in [-0.3, -0.25) is 5.32 Å². The predicted octanol–water partition coefficient (Wildman–Crippen LogP) is 4.61. The Hall–Kier alpha value is -2.88. The first-order valence-electron chi connectivity index (χ1n) is 10.5.